The maximum absolute atomic E-state index is 12.7. The lowest BCUT2D eigenvalue weighted by Gasteiger charge is -2.21. The molecule has 7 nitrogen and oxygen atoms in total. The zero-order chi connectivity index (χ0) is 22.4. The van der Waals surface area contributed by atoms with Gasteiger partial charge in [0, 0.05) is 17.3 Å². The third-order valence-electron chi connectivity index (χ3n) is 5.56. The number of methoxy groups -OCH3 is 1. The van der Waals surface area contributed by atoms with Crippen molar-refractivity contribution in [3.63, 3.8) is 0 Å². The second kappa shape index (κ2) is 10.9. The van der Waals surface area contributed by atoms with Crippen LogP contribution in [0, 0.1) is 6.92 Å². The molecule has 0 aromatic carbocycles. The largest absolute Gasteiger partial charge is 0.465 e. The number of anilines is 1. The van der Waals surface area contributed by atoms with Crippen LogP contribution in [0.15, 0.2) is 17.8 Å². The van der Waals surface area contributed by atoms with E-state index in [-0.39, 0.29) is 11.7 Å². The molecule has 1 aliphatic rings. The first-order valence-electron chi connectivity index (χ1n) is 10.7. The third kappa shape index (κ3) is 5.38. The zero-order valence-corrected chi connectivity index (χ0v) is 20.0. The fourth-order valence-corrected chi connectivity index (χ4v) is 5.98. The molecule has 1 saturated carbocycles. The average Bonchev–Trinajstić information content (AvgIpc) is 3.32. The van der Waals surface area contributed by atoms with Gasteiger partial charge in [-0.2, -0.15) is 0 Å². The number of aryl methyl sites for hydroxylation is 1. The second-order valence-corrected chi connectivity index (χ2v) is 9.77. The first-order chi connectivity index (χ1) is 15.0. The van der Waals surface area contributed by atoms with E-state index in [0.717, 1.165) is 34.3 Å². The molecule has 2 aromatic heterocycles. The highest BCUT2D eigenvalue weighted by molar-refractivity contribution is 7.99. The monoisotopic (exact) mass is 462 g/mol. The van der Waals surface area contributed by atoms with Crippen molar-refractivity contribution in [1.29, 1.82) is 0 Å². The average molecular weight is 463 g/mol. The van der Waals surface area contributed by atoms with Gasteiger partial charge < -0.3 is 14.6 Å². The van der Waals surface area contributed by atoms with E-state index < -0.39 is 5.97 Å². The number of aromatic nitrogens is 3. The van der Waals surface area contributed by atoms with Crippen LogP contribution in [0.5, 0.6) is 0 Å². The summed E-state index contributed by atoms with van der Waals surface area (Å²) in [5, 5.41) is 13.0. The number of carbonyl (C=O) groups is 2. The van der Waals surface area contributed by atoms with E-state index >= 15 is 0 Å². The molecule has 1 N–H and O–H groups in total. The van der Waals surface area contributed by atoms with Gasteiger partial charge in [-0.25, -0.2) is 4.79 Å². The molecule has 0 atom stereocenters. The first kappa shape index (κ1) is 23.5. The number of nitrogens with one attached hydrogen (secondary N) is 1. The summed E-state index contributed by atoms with van der Waals surface area (Å²) in [6, 6.07) is 0. The van der Waals surface area contributed by atoms with Gasteiger partial charge in [0.25, 0.3) is 0 Å². The van der Waals surface area contributed by atoms with Gasteiger partial charge in [-0.3, -0.25) is 4.79 Å². The zero-order valence-electron chi connectivity index (χ0n) is 18.4. The van der Waals surface area contributed by atoms with E-state index in [1.807, 2.05) is 19.9 Å². The minimum absolute atomic E-state index is 0.180. The highest BCUT2D eigenvalue weighted by Crippen LogP contribution is 2.35. The predicted molar refractivity (Wildman–Crippen MR) is 125 cm³/mol. The van der Waals surface area contributed by atoms with Crippen LogP contribution in [0.3, 0.4) is 0 Å². The Labute approximate surface area is 191 Å². The lowest BCUT2D eigenvalue weighted by atomic mass is 9.89. The van der Waals surface area contributed by atoms with Crippen molar-refractivity contribution >= 4 is 40.0 Å². The van der Waals surface area contributed by atoms with Crippen LogP contribution in [0.1, 0.15) is 71.6 Å². The smallest absolute Gasteiger partial charge is 0.341 e. The molecule has 1 fully saturated rings. The van der Waals surface area contributed by atoms with Gasteiger partial charge in [0.1, 0.15) is 10.8 Å². The summed E-state index contributed by atoms with van der Waals surface area (Å²) >= 11 is 2.76. The van der Waals surface area contributed by atoms with Gasteiger partial charge in [-0.05, 0) is 31.7 Å². The van der Waals surface area contributed by atoms with Crippen LogP contribution in [0.2, 0.25) is 0 Å². The summed E-state index contributed by atoms with van der Waals surface area (Å²) in [4.78, 5) is 25.9. The van der Waals surface area contributed by atoms with E-state index in [1.54, 1.807) is 0 Å². The highest BCUT2D eigenvalue weighted by atomic mass is 32.2. The molecular weight excluding hydrogens is 432 g/mol. The Morgan fingerprint density at radius 1 is 1.32 bits per heavy atom. The van der Waals surface area contributed by atoms with Gasteiger partial charge in [0.05, 0.1) is 18.4 Å². The molecule has 0 spiro atoms. The Bertz CT molecular complexity index is 945. The van der Waals surface area contributed by atoms with Crippen LogP contribution in [0.4, 0.5) is 5.00 Å². The van der Waals surface area contributed by atoms with Gasteiger partial charge in [-0.1, -0.05) is 44.0 Å². The van der Waals surface area contributed by atoms with Crippen LogP contribution < -0.4 is 5.32 Å². The molecule has 2 heterocycles. The fourth-order valence-electron chi connectivity index (χ4n) is 4.07. The minimum Gasteiger partial charge on any atom is -0.465 e. The number of hydrogen-bond donors (Lipinski definition) is 1. The Balaban J connectivity index is 1.71. The summed E-state index contributed by atoms with van der Waals surface area (Å²) in [5.41, 5.74) is 1.38. The summed E-state index contributed by atoms with van der Waals surface area (Å²) in [6.45, 7) is 8.42. The van der Waals surface area contributed by atoms with E-state index in [2.05, 4.69) is 26.7 Å². The van der Waals surface area contributed by atoms with Crippen molar-refractivity contribution in [1.82, 2.24) is 14.8 Å². The van der Waals surface area contributed by atoms with Crippen molar-refractivity contribution in [2.24, 2.45) is 0 Å². The van der Waals surface area contributed by atoms with Crippen molar-refractivity contribution in [2.75, 3.05) is 18.2 Å². The fraction of sp³-hybridized carbons (Fsp3) is 0.545. The number of ether oxygens (including phenoxy) is 1. The maximum Gasteiger partial charge on any atom is 0.341 e. The summed E-state index contributed by atoms with van der Waals surface area (Å²) < 4.78 is 7.00. The Morgan fingerprint density at radius 3 is 2.71 bits per heavy atom. The van der Waals surface area contributed by atoms with Crippen LogP contribution in [0.25, 0.3) is 0 Å². The minimum atomic E-state index is -0.424. The molecule has 3 rings (SSSR count). The van der Waals surface area contributed by atoms with E-state index in [4.69, 9.17) is 4.74 Å². The van der Waals surface area contributed by atoms with Gasteiger partial charge in [0.2, 0.25) is 5.91 Å². The number of thioether (sulfide) groups is 1. The molecule has 1 aliphatic carbocycles. The molecule has 1 amide bonds. The molecule has 0 radical (unpaired) electrons. The quantitative estimate of drug-likeness (QED) is 0.322. The highest BCUT2D eigenvalue weighted by Gasteiger charge is 2.25. The molecule has 0 unspecified atom stereocenters. The summed E-state index contributed by atoms with van der Waals surface area (Å²) in [6.07, 6.45) is 8.53. The number of nitrogens with zero attached hydrogens (tertiary/aromatic N) is 3. The molecule has 0 saturated heterocycles. The number of hydrogen-bond acceptors (Lipinski definition) is 7. The van der Waals surface area contributed by atoms with Gasteiger partial charge >= 0.3 is 5.97 Å². The van der Waals surface area contributed by atoms with Gasteiger partial charge in [-0.15, -0.1) is 28.1 Å². The second-order valence-electron chi connectivity index (χ2n) is 7.60. The summed E-state index contributed by atoms with van der Waals surface area (Å²) in [5.74, 6) is 0.989. The molecule has 2 aromatic rings. The molecule has 168 valence electrons. The summed E-state index contributed by atoms with van der Waals surface area (Å²) in [7, 11) is 1.35. The SMILES string of the molecule is C=CCn1c(SCC(=O)Nc2sc(C)c(CC)c2C(=O)OC)nnc1C1CCCCC1. The topological polar surface area (TPSA) is 86.1 Å². The van der Waals surface area contributed by atoms with Crippen LogP contribution in [-0.4, -0.2) is 39.5 Å². The maximum atomic E-state index is 12.7. The predicted octanol–water partition coefficient (Wildman–Crippen LogP) is 4.96. The lowest BCUT2D eigenvalue weighted by Crippen LogP contribution is -2.17. The molecule has 0 bridgehead atoms. The number of esters is 1. The number of rotatable bonds is 9. The molecular formula is C22H30N4O3S2. The standard InChI is InChI=1S/C22H30N4O3S2/c1-5-12-26-19(15-10-8-7-9-11-15)24-25-22(26)30-13-17(27)23-20-18(21(28)29-4)16(6-2)14(3)31-20/h5,15H,1,6-13H2,2-4H3,(H,23,27). The van der Waals surface area contributed by atoms with Crippen LogP contribution >= 0.6 is 23.1 Å². The molecule has 9 heteroatoms. The molecule has 0 aliphatic heterocycles. The normalized spacial score (nSPS) is 14.4. The van der Waals surface area contributed by atoms with Gasteiger partial charge in [0.15, 0.2) is 5.16 Å². The number of thiophene rings is 1. The van der Waals surface area contributed by atoms with Crippen molar-refractivity contribution < 1.29 is 14.3 Å². The number of allylic oxidation sites excluding steroid dienone is 1. The van der Waals surface area contributed by atoms with Crippen molar-refractivity contribution in [3.05, 3.63) is 34.5 Å². The Kier molecular flexibility index (Phi) is 8.31. The number of amides is 1. The van der Waals surface area contributed by atoms with E-state index in [9.17, 15) is 9.59 Å². The first-order valence-corrected chi connectivity index (χ1v) is 12.5. The van der Waals surface area contributed by atoms with E-state index in [0.29, 0.717) is 29.4 Å². The Morgan fingerprint density at radius 2 is 2.06 bits per heavy atom. The third-order valence-corrected chi connectivity index (χ3v) is 7.59. The van der Waals surface area contributed by atoms with E-state index in [1.165, 1.54) is 49.5 Å². The number of carbonyl (C=O) groups excluding carboxylic acids is 2. The Hall–Kier alpha value is -2.13. The van der Waals surface area contributed by atoms with Crippen molar-refractivity contribution in [3.8, 4) is 0 Å². The lowest BCUT2D eigenvalue weighted by molar-refractivity contribution is -0.113. The molecule has 31 heavy (non-hydrogen) atoms. The van der Waals surface area contributed by atoms with Crippen LogP contribution in [-0.2, 0) is 22.5 Å². The van der Waals surface area contributed by atoms with Crippen molar-refractivity contribution in [2.45, 2.75) is 70.0 Å².